The lowest BCUT2D eigenvalue weighted by atomic mass is 10.1. The molecule has 0 aliphatic rings. The van der Waals surface area contributed by atoms with Crippen molar-refractivity contribution in [1.82, 2.24) is 9.97 Å². The van der Waals surface area contributed by atoms with Crippen molar-refractivity contribution >= 4 is 46.3 Å². The molecule has 0 bridgehead atoms. The lowest BCUT2D eigenvalue weighted by Crippen LogP contribution is -1.94. The number of hydrogen-bond acceptors (Lipinski definition) is 2. The van der Waals surface area contributed by atoms with E-state index in [-0.39, 0.29) is 0 Å². The van der Waals surface area contributed by atoms with Gasteiger partial charge in [-0.25, -0.2) is 9.97 Å². The molecule has 1 aromatic heterocycles. The largest absolute Gasteiger partial charge is 0.228 e. The van der Waals surface area contributed by atoms with Crippen molar-refractivity contribution in [1.29, 1.82) is 0 Å². The Hall–Kier alpha value is -2.68. The van der Waals surface area contributed by atoms with Gasteiger partial charge in [0, 0.05) is 10.9 Å². The molecule has 4 rings (SSSR count). The maximum Gasteiger partial charge on any atom is 0.160 e. The zero-order valence-electron chi connectivity index (χ0n) is 13.7. The van der Waals surface area contributed by atoms with E-state index in [1.165, 1.54) is 0 Å². The molecule has 4 aromatic rings. The molecule has 2 nitrogen and oxygen atoms in total. The first kappa shape index (κ1) is 16.8. The highest BCUT2D eigenvalue weighted by atomic mass is 35.5. The van der Waals surface area contributed by atoms with Crippen LogP contribution in [0.2, 0.25) is 10.0 Å². The van der Waals surface area contributed by atoms with Gasteiger partial charge in [0.15, 0.2) is 5.82 Å². The lowest BCUT2D eigenvalue weighted by molar-refractivity contribution is 1.21. The molecule has 0 N–H and O–H groups in total. The predicted octanol–water partition coefficient (Wildman–Crippen LogP) is 6.77. The smallest absolute Gasteiger partial charge is 0.160 e. The summed E-state index contributed by atoms with van der Waals surface area (Å²) in [6, 6.07) is 23.5. The Morgan fingerprint density at radius 1 is 0.692 bits per heavy atom. The number of rotatable bonds is 3. The molecule has 0 amide bonds. The van der Waals surface area contributed by atoms with Crippen molar-refractivity contribution in [3.8, 4) is 11.4 Å². The average molecular weight is 377 g/mol. The van der Waals surface area contributed by atoms with Gasteiger partial charge < -0.3 is 0 Å². The molecule has 0 saturated carbocycles. The SMILES string of the molecule is Clc1ccc(/C=C/c2nc(-c3ccccc3)nc3ccccc23)cc1Cl. The van der Waals surface area contributed by atoms with Crippen molar-refractivity contribution in [3.05, 3.63) is 94.1 Å². The summed E-state index contributed by atoms with van der Waals surface area (Å²) in [5, 5.41) is 2.08. The molecule has 0 unspecified atom stereocenters. The minimum atomic E-state index is 0.534. The lowest BCUT2D eigenvalue weighted by Gasteiger charge is -2.06. The van der Waals surface area contributed by atoms with Crippen molar-refractivity contribution < 1.29 is 0 Å². The van der Waals surface area contributed by atoms with E-state index >= 15 is 0 Å². The highest BCUT2D eigenvalue weighted by Crippen LogP contribution is 2.25. The molecular formula is C22H14Cl2N2. The van der Waals surface area contributed by atoms with E-state index in [9.17, 15) is 0 Å². The van der Waals surface area contributed by atoms with E-state index in [2.05, 4.69) is 0 Å². The van der Waals surface area contributed by atoms with E-state index < -0.39 is 0 Å². The van der Waals surface area contributed by atoms with Crippen LogP contribution in [-0.2, 0) is 0 Å². The maximum atomic E-state index is 6.10. The molecule has 26 heavy (non-hydrogen) atoms. The van der Waals surface area contributed by atoms with Crippen LogP contribution in [-0.4, -0.2) is 9.97 Å². The Labute approximate surface area is 161 Å². The molecule has 3 aromatic carbocycles. The summed E-state index contributed by atoms with van der Waals surface area (Å²) in [7, 11) is 0. The first-order valence-corrected chi connectivity index (χ1v) is 8.92. The predicted molar refractivity (Wildman–Crippen MR) is 110 cm³/mol. The number of nitrogens with zero attached hydrogens (tertiary/aromatic N) is 2. The van der Waals surface area contributed by atoms with E-state index in [0.717, 1.165) is 27.7 Å². The Morgan fingerprint density at radius 3 is 2.27 bits per heavy atom. The number of hydrogen-bond donors (Lipinski definition) is 0. The van der Waals surface area contributed by atoms with E-state index in [4.69, 9.17) is 33.2 Å². The average Bonchev–Trinajstić information content (AvgIpc) is 2.69. The van der Waals surface area contributed by atoms with Gasteiger partial charge in [-0.15, -0.1) is 0 Å². The van der Waals surface area contributed by atoms with Crippen molar-refractivity contribution in [2.75, 3.05) is 0 Å². The van der Waals surface area contributed by atoms with E-state index in [1.54, 1.807) is 6.07 Å². The van der Waals surface area contributed by atoms with Crippen LogP contribution in [0.1, 0.15) is 11.3 Å². The summed E-state index contributed by atoms with van der Waals surface area (Å²) in [6.07, 6.45) is 3.96. The molecule has 0 aliphatic carbocycles. The number of para-hydroxylation sites is 1. The molecule has 126 valence electrons. The zero-order chi connectivity index (χ0) is 17.9. The summed E-state index contributed by atoms with van der Waals surface area (Å²) in [6.45, 7) is 0. The maximum absolute atomic E-state index is 6.10. The molecule has 4 heteroatoms. The zero-order valence-corrected chi connectivity index (χ0v) is 15.2. The first-order chi connectivity index (χ1) is 12.7. The molecule has 0 aliphatic heterocycles. The molecular weight excluding hydrogens is 363 g/mol. The van der Waals surface area contributed by atoms with Gasteiger partial charge in [-0.05, 0) is 29.8 Å². The number of aromatic nitrogens is 2. The van der Waals surface area contributed by atoms with Gasteiger partial charge in [0.05, 0.1) is 21.3 Å². The van der Waals surface area contributed by atoms with Crippen LogP contribution in [0.15, 0.2) is 72.8 Å². The van der Waals surface area contributed by atoms with Crippen LogP contribution in [0.5, 0.6) is 0 Å². The van der Waals surface area contributed by atoms with Crippen LogP contribution >= 0.6 is 23.2 Å². The van der Waals surface area contributed by atoms with E-state index in [1.807, 2.05) is 78.9 Å². The van der Waals surface area contributed by atoms with Crippen molar-refractivity contribution in [3.63, 3.8) is 0 Å². The first-order valence-electron chi connectivity index (χ1n) is 8.16. The quantitative estimate of drug-likeness (QED) is 0.394. The third-order valence-corrected chi connectivity index (χ3v) is 4.78. The Kier molecular flexibility index (Phi) is 4.70. The van der Waals surface area contributed by atoms with Gasteiger partial charge in [0.1, 0.15) is 0 Å². The van der Waals surface area contributed by atoms with Gasteiger partial charge in [0.2, 0.25) is 0 Å². The Morgan fingerprint density at radius 2 is 1.46 bits per heavy atom. The monoisotopic (exact) mass is 376 g/mol. The number of halogens is 2. The summed E-state index contributed by atoms with van der Waals surface area (Å²) in [4.78, 5) is 9.47. The fourth-order valence-electron chi connectivity index (χ4n) is 2.74. The van der Waals surface area contributed by atoms with Crippen molar-refractivity contribution in [2.45, 2.75) is 0 Å². The molecule has 0 atom stereocenters. The van der Waals surface area contributed by atoms with Crippen LogP contribution < -0.4 is 0 Å². The normalized spacial score (nSPS) is 11.3. The van der Waals surface area contributed by atoms with Gasteiger partial charge in [-0.2, -0.15) is 0 Å². The van der Waals surface area contributed by atoms with Crippen LogP contribution in [0, 0.1) is 0 Å². The van der Waals surface area contributed by atoms with Crippen LogP contribution in [0.25, 0.3) is 34.4 Å². The fraction of sp³-hybridized carbons (Fsp3) is 0. The van der Waals surface area contributed by atoms with Gasteiger partial charge in [-0.1, -0.05) is 83.9 Å². The third kappa shape index (κ3) is 3.48. The topological polar surface area (TPSA) is 25.8 Å². The van der Waals surface area contributed by atoms with Gasteiger partial charge >= 0.3 is 0 Å². The summed E-state index contributed by atoms with van der Waals surface area (Å²) < 4.78 is 0. The molecule has 0 fully saturated rings. The standard InChI is InChI=1S/C22H14Cl2N2/c23-18-12-10-15(14-19(18)24)11-13-21-17-8-4-5-9-20(17)25-22(26-21)16-6-2-1-3-7-16/h1-14H/b13-11+. The summed E-state index contributed by atoms with van der Waals surface area (Å²) in [5.74, 6) is 0.707. The summed E-state index contributed by atoms with van der Waals surface area (Å²) in [5.41, 5.74) is 3.72. The number of benzene rings is 3. The number of fused-ring (bicyclic) bond motifs is 1. The minimum absolute atomic E-state index is 0.534. The van der Waals surface area contributed by atoms with E-state index in [0.29, 0.717) is 15.9 Å². The highest BCUT2D eigenvalue weighted by molar-refractivity contribution is 6.42. The van der Waals surface area contributed by atoms with Crippen LogP contribution in [0.4, 0.5) is 0 Å². The van der Waals surface area contributed by atoms with Gasteiger partial charge in [0.25, 0.3) is 0 Å². The Bertz CT molecular complexity index is 1110. The molecule has 0 spiro atoms. The molecule has 0 saturated heterocycles. The molecule has 1 heterocycles. The third-order valence-electron chi connectivity index (χ3n) is 4.04. The summed E-state index contributed by atoms with van der Waals surface area (Å²) >= 11 is 12.1. The molecule has 0 radical (unpaired) electrons. The second-order valence-corrected chi connectivity index (χ2v) is 6.64. The Balaban J connectivity index is 1.82. The second-order valence-electron chi connectivity index (χ2n) is 5.82. The highest BCUT2D eigenvalue weighted by Gasteiger charge is 2.07. The fourth-order valence-corrected chi connectivity index (χ4v) is 3.04. The minimum Gasteiger partial charge on any atom is -0.228 e. The second kappa shape index (κ2) is 7.28. The van der Waals surface area contributed by atoms with Crippen LogP contribution in [0.3, 0.4) is 0 Å². The van der Waals surface area contributed by atoms with Gasteiger partial charge in [-0.3, -0.25) is 0 Å². The van der Waals surface area contributed by atoms with Crippen molar-refractivity contribution in [2.24, 2.45) is 0 Å².